The second kappa shape index (κ2) is 8.80. The maximum atomic E-state index is 12.9. The zero-order chi connectivity index (χ0) is 21.0. The van der Waals surface area contributed by atoms with Crippen LogP contribution in [0.15, 0.2) is 57.9 Å². The van der Waals surface area contributed by atoms with E-state index in [-0.39, 0.29) is 4.90 Å². The lowest BCUT2D eigenvalue weighted by molar-refractivity contribution is 0.427. The smallest absolute Gasteiger partial charge is 0.240 e. The molecule has 0 aliphatic carbocycles. The highest BCUT2D eigenvalue weighted by Crippen LogP contribution is 2.25. The van der Waals surface area contributed by atoms with Gasteiger partial charge in [0, 0.05) is 37.0 Å². The van der Waals surface area contributed by atoms with Gasteiger partial charge in [-0.15, -0.1) is 0 Å². The molecule has 6 nitrogen and oxygen atoms in total. The molecule has 0 radical (unpaired) electrons. The Morgan fingerprint density at radius 3 is 2.52 bits per heavy atom. The highest BCUT2D eigenvalue weighted by atomic mass is 32.2. The molecule has 0 amide bonds. The van der Waals surface area contributed by atoms with Gasteiger partial charge >= 0.3 is 0 Å². The van der Waals surface area contributed by atoms with Crippen molar-refractivity contribution in [1.29, 1.82) is 0 Å². The fraction of sp³-hybridized carbons (Fsp3) is 0.318. The molecular formula is C22H27N3O3S. The van der Waals surface area contributed by atoms with Crippen LogP contribution in [-0.4, -0.2) is 33.2 Å². The molecule has 2 aromatic carbocycles. The summed E-state index contributed by atoms with van der Waals surface area (Å²) in [6.07, 6.45) is 0. The zero-order valence-corrected chi connectivity index (χ0v) is 18.1. The van der Waals surface area contributed by atoms with E-state index in [1.807, 2.05) is 38.1 Å². The number of likely N-dealkylation sites (N-methyl/N-ethyl adjacent to an activating group) is 1. The lowest BCUT2D eigenvalue weighted by atomic mass is 10.1. The Morgan fingerprint density at radius 2 is 1.86 bits per heavy atom. The summed E-state index contributed by atoms with van der Waals surface area (Å²) >= 11 is 0. The second-order valence-electron chi connectivity index (χ2n) is 7.13. The van der Waals surface area contributed by atoms with Crippen LogP contribution in [0.2, 0.25) is 0 Å². The minimum Gasteiger partial charge on any atom is -0.370 e. The normalized spacial score (nSPS) is 11.6. The van der Waals surface area contributed by atoms with E-state index in [0.29, 0.717) is 30.0 Å². The van der Waals surface area contributed by atoms with E-state index in [4.69, 9.17) is 4.52 Å². The van der Waals surface area contributed by atoms with Gasteiger partial charge in [-0.2, -0.15) is 0 Å². The van der Waals surface area contributed by atoms with Crippen LogP contribution >= 0.6 is 0 Å². The minimum atomic E-state index is -3.65. The Morgan fingerprint density at radius 1 is 1.07 bits per heavy atom. The van der Waals surface area contributed by atoms with E-state index in [2.05, 4.69) is 27.8 Å². The molecule has 0 unspecified atom stereocenters. The Bertz CT molecular complexity index is 1090. The number of aryl methyl sites for hydroxylation is 3. The number of hydrogen-bond acceptors (Lipinski definition) is 5. The first-order valence-corrected chi connectivity index (χ1v) is 11.1. The topological polar surface area (TPSA) is 75.4 Å². The fourth-order valence-electron chi connectivity index (χ4n) is 3.23. The number of sulfonamides is 1. The average molecular weight is 414 g/mol. The third kappa shape index (κ3) is 5.05. The molecule has 154 valence electrons. The predicted octanol–water partition coefficient (Wildman–Crippen LogP) is 4.07. The van der Waals surface area contributed by atoms with Crippen LogP contribution in [0.5, 0.6) is 0 Å². The van der Waals surface area contributed by atoms with Gasteiger partial charge in [-0.25, -0.2) is 13.1 Å². The lowest BCUT2D eigenvalue weighted by Gasteiger charge is -2.23. The number of nitrogens with one attached hydrogen (secondary N) is 1. The van der Waals surface area contributed by atoms with Crippen molar-refractivity contribution >= 4 is 15.7 Å². The van der Waals surface area contributed by atoms with Crippen LogP contribution in [0.25, 0.3) is 11.3 Å². The summed E-state index contributed by atoms with van der Waals surface area (Å²) in [6.45, 7) is 9.41. The molecule has 3 rings (SSSR count). The van der Waals surface area contributed by atoms with E-state index < -0.39 is 10.0 Å². The Hall–Kier alpha value is -2.64. The second-order valence-corrected chi connectivity index (χ2v) is 8.86. The van der Waals surface area contributed by atoms with Gasteiger partial charge in [-0.05, 0) is 57.0 Å². The molecular weight excluding hydrogens is 386 g/mol. The minimum absolute atomic E-state index is 0.252. The van der Waals surface area contributed by atoms with Crippen LogP contribution in [0.3, 0.4) is 0 Å². The van der Waals surface area contributed by atoms with Crippen LogP contribution in [-0.2, 0) is 10.0 Å². The summed E-state index contributed by atoms with van der Waals surface area (Å²) in [5, 5.41) is 3.88. The first-order chi connectivity index (χ1) is 13.8. The van der Waals surface area contributed by atoms with E-state index in [1.54, 1.807) is 25.1 Å². The number of nitrogens with zero attached hydrogens (tertiary/aromatic N) is 2. The first-order valence-electron chi connectivity index (χ1n) is 9.66. The highest BCUT2D eigenvalue weighted by molar-refractivity contribution is 7.89. The maximum Gasteiger partial charge on any atom is 0.240 e. The monoisotopic (exact) mass is 413 g/mol. The standard InChI is InChI=1S/C22H27N3O3S/c1-5-25(20-8-6-7-16(2)13-20)12-11-23-29(26,27)22-15-19(10-9-17(22)3)21-14-18(4)24-28-21/h6-10,13-15,23H,5,11-12H2,1-4H3. The van der Waals surface area contributed by atoms with Crippen LogP contribution in [0.1, 0.15) is 23.7 Å². The van der Waals surface area contributed by atoms with Crippen molar-refractivity contribution in [2.24, 2.45) is 0 Å². The molecule has 0 saturated carbocycles. The summed E-state index contributed by atoms with van der Waals surface area (Å²) in [5.74, 6) is 0.551. The van der Waals surface area contributed by atoms with Crippen molar-refractivity contribution in [3.63, 3.8) is 0 Å². The quantitative estimate of drug-likeness (QED) is 0.602. The van der Waals surface area contributed by atoms with Crippen LogP contribution < -0.4 is 9.62 Å². The number of aromatic nitrogens is 1. The van der Waals surface area contributed by atoms with Crippen molar-refractivity contribution in [2.75, 3.05) is 24.5 Å². The Balaban J connectivity index is 1.74. The van der Waals surface area contributed by atoms with Crippen molar-refractivity contribution < 1.29 is 12.9 Å². The molecule has 7 heteroatoms. The van der Waals surface area contributed by atoms with Crippen molar-refractivity contribution in [2.45, 2.75) is 32.6 Å². The van der Waals surface area contributed by atoms with Gasteiger partial charge in [-0.1, -0.05) is 29.4 Å². The Labute approximate surface area is 172 Å². The van der Waals surface area contributed by atoms with E-state index in [0.717, 1.165) is 17.9 Å². The fourth-order valence-corrected chi connectivity index (χ4v) is 4.52. The van der Waals surface area contributed by atoms with Gasteiger partial charge in [0.15, 0.2) is 5.76 Å². The molecule has 1 aromatic heterocycles. The summed E-state index contributed by atoms with van der Waals surface area (Å²) in [7, 11) is -3.65. The predicted molar refractivity (Wildman–Crippen MR) is 116 cm³/mol. The molecule has 0 aliphatic rings. The van der Waals surface area contributed by atoms with E-state index in [1.165, 1.54) is 5.56 Å². The molecule has 0 spiro atoms. The molecule has 29 heavy (non-hydrogen) atoms. The Kier molecular flexibility index (Phi) is 6.39. The molecule has 0 aliphatic heterocycles. The molecule has 3 aromatic rings. The lowest BCUT2D eigenvalue weighted by Crippen LogP contribution is -2.35. The van der Waals surface area contributed by atoms with Gasteiger partial charge in [0.25, 0.3) is 0 Å². The maximum absolute atomic E-state index is 12.9. The van der Waals surface area contributed by atoms with Gasteiger partial charge in [0.2, 0.25) is 10.0 Å². The summed E-state index contributed by atoms with van der Waals surface area (Å²) in [5.41, 5.74) is 4.39. The SMILES string of the molecule is CCN(CCNS(=O)(=O)c1cc(-c2cc(C)no2)ccc1C)c1cccc(C)c1. The largest absolute Gasteiger partial charge is 0.370 e. The zero-order valence-electron chi connectivity index (χ0n) is 17.3. The van der Waals surface area contributed by atoms with Gasteiger partial charge in [0.1, 0.15) is 0 Å². The number of benzene rings is 2. The molecule has 0 fully saturated rings. The molecule has 0 atom stereocenters. The molecule has 0 saturated heterocycles. The van der Waals surface area contributed by atoms with Crippen LogP contribution in [0, 0.1) is 20.8 Å². The highest BCUT2D eigenvalue weighted by Gasteiger charge is 2.19. The summed E-state index contributed by atoms with van der Waals surface area (Å²) in [4.78, 5) is 2.40. The van der Waals surface area contributed by atoms with E-state index >= 15 is 0 Å². The number of hydrogen-bond donors (Lipinski definition) is 1. The first kappa shape index (κ1) is 21.1. The molecule has 0 bridgehead atoms. The summed E-state index contributed by atoms with van der Waals surface area (Å²) in [6, 6.07) is 15.2. The van der Waals surface area contributed by atoms with Crippen molar-refractivity contribution in [3.05, 3.63) is 65.4 Å². The summed E-state index contributed by atoms with van der Waals surface area (Å²) < 4.78 is 33.9. The van der Waals surface area contributed by atoms with Gasteiger partial charge in [-0.3, -0.25) is 0 Å². The van der Waals surface area contributed by atoms with Gasteiger partial charge < -0.3 is 9.42 Å². The number of anilines is 1. The number of rotatable bonds is 8. The third-order valence-electron chi connectivity index (χ3n) is 4.81. The molecule has 1 heterocycles. The van der Waals surface area contributed by atoms with Crippen LogP contribution in [0.4, 0.5) is 5.69 Å². The van der Waals surface area contributed by atoms with Crippen molar-refractivity contribution in [1.82, 2.24) is 9.88 Å². The van der Waals surface area contributed by atoms with Crippen molar-refractivity contribution in [3.8, 4) is 11.3 Å². The molecule has 1 N–H and O–H groups in total. The van der Waals surface area contributed by atoms with Gasteiger partial charge in [0.05, 0.1) is 10.6 Å². The van der Waals surface area contributed by atoms with E-state index in [9.17, 15) is 8.42 Å². The average Bonchev–Trinajstić information content (AvgIpc) is 3.12. The third-order valence-corrected chi connectivity index (χ3v) is 6.42.